The monoisotopic (exact) mass is 315 g/mol. The Hall–Kier alpha value is -1.38. The largest absolute Gasteiger partial charge is 0.477 e. The van der Waals surface area contributed by atoms with Gasteiger partial charge in [0.15, 0.2) is 0 Å². The van der Waals surface area contributed by atoms with Crippen molar-refractivity contribution in [2.75, 3.05) is 20.1 Å². The molecule has 0 unspecified atom stereocenters. The summed E-state index contributed by atoms with van der Waals surface area (Å²) in [5, 5.41) is 9.05. The predicted octanol–water partition coefficient (Wildman–Crippen LogP) is 0.579. The number of likely N-dealkylation sites (N-methyl/N-ethyl adjacent to an activating group) is 1. The normalized spacial score (nSPS) is 15.6. The van der Waals surface area contributed by atoms with Gasteiger partial charge in [0.2, 0.25) is 10.0 Å². The lowest BCUT2D eigenvalue weighted by molar-refractivity contribution is 0.0685. The van der Waals surface area contributed by atoms with Crippen LogP contribution in [0.3, 0.4) is 0 Å². The van der Waals surface area contributed by atoms with Crippen LogP contribution in [0.25, 0.3) is 0 Å². The molecule has 8 heteroatoms. The van der Waals surface area contributed by atoms with Gasteiger partial charge in [-0.3, -0.25) is 0 Å². The highest BCUT2D eigenvalue weighted by molar-refractivity contribution is 7.89. The number of aryl methyl sites for hydroxylation is 1. The number of aromatic carboxylic acids is 1. The van der Waals surface area contributed by atoms with E-state index in [4.69, 9.17) is 5.11 Å². The summed E-state index contributed by atoms with van der Waals surface area (Å²) in [5.74, 6) is -1.13. The number of carbonyl (C=O) groups is 1. The fourth-order valence-corrected chi connectivity index (χ4v) is 3.27. The molecular weight excluding hydrogens is 294 g/mol. The van der Waals surface area contributed by atoms with Crippen LogP contribution < -0.4 is 4.72 Å². The van der Waals surface area contributed by atoms with Gasteiger partial charge in [-0.1, -0.05) is 0 Å². The van der Waals surface area contributed by atoms with Crippen LogP contribution in [0.1, 0.15) is 30.3 Å². The maximum absolute atomic E-state index is 12.2. The third kappa shape index (κ3) is 3.84. The molecule has 1 aliphatic carbocycles. The molecule has 1 saturated carbocycles. The molecule has 0 amide bonds. The number of nitrogens with one attached hydrogen (secondary N) is 1. The topological polar surface area (TPSA) is 91.6 Å². The Bertz CT molecular complexity index is 619. The molecule has 1 aliphatic rings. The zero-order valence-electron chi connectivity index (χ0n) is 12.2. The molecule has 2 N–H and O–H groups in total. The van der Waals surface area contributed by atoms with Gasteiger partial charge in [0.25, 0.3) is 0 Å². The number of hydrogen-bond acceptors (Lipinski definition) is 4. The highest BCUT2D eigenvalue weighted by Crippen LogP contribution is 2.24. The number of rotatable bonds is 8. The van der Waals surface area contributed by atoms with Crippen molar-refractivity contribution < 1.29 is 18.3 Å². The van der Waals surface area contributed by atoms with E-state index in [1.54, 1.807) is 6.92 Å². The first-order chi connectivity index (χ1) is 9.85. The van der Waals surface area contributed by atoms with Gasteiger partial charge < -0.3 is 14.6 Å². The first-order valence-corrected chi connectivity index (χ1v) is 8.47. The number of aromatic nitrogens is 1. The van der Waals surface area contributed by atoms with Gasteiger partial charge in [0, 0.05) is 31.9 Å². The summed E-state index contributed by atoms with van der Waals surface area (Å²) in [5.41, 5.74) is -0.0204. The van der Waals surface area contributed by atoms with E-state index < -0.39 is 16.0 Å². The zero-order chi connectivity index (χ0) is 15.6. The minimum absolute atomic E-state index is 0.00387. The molecule has 0 aromatic carbocycles. The molecule has 1 aromatic rings. The molecule has 118 valence electrons. The van der Waals surface area contributed by atoms with E-state index in [2.05, 4.69) is 9.62 Å². The lowest BCUT2D eigenvalue weighted by Gasteiger charge is -2.15. The smallest absolute Gasteiger partial charge is 0.352 e. The Morgan fingerprint density at radius 1 is 1.52 bits per heavy atom. The quantitative estimate of drug-likeness (QED) is 0.732. The van der Waals surface area contributed by atoms with E-state index in [9.17, 15) is 13.2 Å². The second kappa shape index (κ2) is 6.17. The summed E-state index contributed by atoms with van der Waals surface area (Å²) in [6, 6.07) is 1.77. The highest BCUT2D eigenvalue weighted by Gasteiger charge is 2.26. The minimum Gasteiger partial charge on any atom is -0.477 e. The first-order valence-electron chi connectivity index (χ1n) is 6.98. The number of carboxylic acids is 1. The predicted molar refractivity (Wildman–Crippen MR) is 77.9 cm³/mol. The van der Waals surface area contributed by atoms with Crippen molar-refractivity contribution in [3.05, 3.63) is 18.0 Å². The minimum atomic E-state index is -3.67. The van der Waals surface area contributed by atoms with Crippen molar-refractivity contribution in [1.82, 2.24) is 14.2 Å². The Kier molecular flexibility index (Phi) is 4.70. The van der Waals surface area contributed by atoms with Gasteiger partial charge in [-0.05, 0) is 32.9 Å². The SMILES string of the molecule is CCn1cc(S(=O)(=O)NCCN(C)C2CC2)cc1C(=O)O. The highest BCUT2D eigenvalue weighted by atomic mass is 32.2. The summed E-state index contributed by atoms with van der Waals surface area (Å²) in [7, 11) is -1.69. The Balaban J connectivity index is 2.02. The summed E-state index contributed by atoms with van der Waals surface area (Å²) in [6.45, 7) is 3.13. The van der Waals surface area contributed by atoms with Crippen molar-refractivity contribution in [2.45, 2.75) is 37.2 Å². The second-order valence-corrected chi connectivity index (χ2v) is 7.03. The number of sulfonamides is 1. The molecular formula is C13H21N3O4S. The molecule has 0 spiro atoms. The van der Waals surface area contributed by atoms with Crippen molar-refractivity contribution in [3.63, 3.8) is 0 Å². The summed E-state index contributed by atoms with van der Waals surface area (Å²) >= 11 is 0. The molecule has 1 fully saturated rings. The van der Waals surface area contributed by atoms with E-state index >= 15 is 0 Å². The van der Waals surface area contributed by atoms with Gasteiger partial charge in [0.1, 0.15) is 10.6 Å². The lowest BCUT2D eigenvalue weighted by Crippen LogP contribution is -2.33. The number of carboxylic acid groups (broad SMARTS) is 1. The van der Waals surface area contributed by atoms with Gasteiger partial charge in [-0.2, -0.15) is 0 Å². The first kappa shape index (κ1) is 16.0. The van der Waals surface area contributed by atoms with Crippen LogP contribution in [0, 0.1) is 0 Å². The van der Waals surface area contributed by atoms with Crippen molar-refractivity contribution >= 4 is 16.0 Å². The zero-order valence-corrected chi connectivity index (χ0v) is 13.1. The molecule has 0 saturated heterocycles. The average Bonchev–Trinajstić information content (AvgIpc) is 3.16. The van der Waals surface area contributed by atoms with E-state index in [0.717, 1.165) is 0 Å². The molecule has 1 heterocycles. The Labute approximate surface area is 124 Å². The molecule has 7 nitrogen and oxygen atoms in total. The standard InChI is InChI=1S/C13H21N3O4S/c1-3-16-9-11(8-12(16)13(17)18)21(19,20)14-6-7-15(2)10-4-5-10/h8-10,14H,3-7H2,1-2H3,(H,17,18). The van der Waals surface area contributed by atoms with Gasteiger partial charge in [-0.15, -0.1) is 0 Å². The van der Waals surface area contributed by atoms with Gasteiger partial charge in [-0.25, -0.2) is 17.9 Å². The van der Waals surface area contributed by atoms with Crippen LogP contribution in [0.15, 0.2) is 17.2 Å². The second-order valence-electron chi connectivity index (χ2n) is 5.26. The fourth-order valence-electron chi connectivity index (χ4n) is 2.21. The molecule has 21 heavy (non-hydrogen) atoms. The maximum atomic E-state index is 12.2. The summed E-state index contributed by atoms with van der Waals surface area (Å²) in [4.78, 5) is 13.2. The third-order valence-corrected chi connectivity index (χ3v) is 5.10. The third-order valence-electron chi connectivity index (χ3n) is 3.67. The van der Waals surface area contributed by atoms with Gasteiger partial charge >= 0.3 is 5.97 Å². The van der Waals surface area contributed by atoms with E-state index in [1.165, 1.54) is 29.7 Å². The Morgan fingerprint density at radius 3 is 2.67 bits per heavy atom. The molecule has 0 radical (unpaired) electrons. The van der Waals surface area contributed by atoms with E-state index in [0.29, 0.717) is 25.7 Å². The average molecular weight is 315 g/mol. The lowest BCUT2D eigenvalue weighted by atomic mass is 10.4. The van der Waals surface area contributed by atoms with Crippen LogP contribution in [-0.4, -0.2) is 55.1 Å². The summed E-state index contributed by atoms with van der Waals surface area (Å²) < 4.78 is 28.3. The summed E-state index contributed by atoms with van der Waals surface area (Å²) in [6.07, 6.45) is 3.70. The molecule has 2 rings (SSSR count). The van der Waals surface area contributed by atoms with Crippen LogP contribution >= 0.6 is 0 Å². The van der Waals surface area contributed by atoms with Crippen LogP contribution in [0.2, 0.25) is 0 Å². The van der Waals surface area contributed by atoms with E-state index in [1.807, 2.05) is 7.05 Å². The van der Waals surface area contributed by atoms with Crippen LogP contribution in [0.5, 0.6) is 0 Å². The van der Waals surface area contributed by atoms with E-state index in [-0.39, 0.29) is 10.6 Å². The molecule has 0 bridgehead atoms. The molecule has 1 aromatic heterocycles. The fraction of sp³-hybridized carbons (Fsp3) is 0.615. The molecule has 0 aliphatic heterocycles. The van der Waals surface area contributed by atoms with Crippen LogP contribution in [0.4, 0.5) is 0 Å². The molecule has 0 atom stereocenters. The number of hydrogen-bond donors (Lipinski definition) is 2. The van der Waals surface area contributed by atoms with Crippen molar-refractivity contribution in [1.29, 1.82) is 0 Å². The Morgan fingerprint density at radius 2 is 2.19 bits per heavy atom. The van der Waals surface area contributed by atoms with Crippen LogP contribution in [-0.2, 0) is 16.6 Å². The van der Waals surface area contributed by atoms with Gasteiger partial charge in [0.05, 0.1) is 0 Å². The van der Waals surface area contributed by atoms with Crippen molar-refractivity contribution in [2.24, 2.45) is 0 Å². The van der Waals surface area contributed by atoms with Crippen molar-refractivity contribution in [3.8, 4) is 0 Å². The maximum Gasteiger partial charge on any atom is 0.352 e. The number of nitrogens with zero attached hydrogens (tertiary/aromatic N) is 2.